The molecule has 2 aromatic carbocycles. The van der Waals surface area contributed by atoms with Crippen LogP contribution in [0.1, 0.15) is 30.5 Å². The fraction of sp³-hybridized carbons (Fsp3) is 0.368. The van der Waals surface area contributed by atoms with Gasteiger partial charge in [-0.2, -0.15) is 0 Å². The Kier molecular flexibility index (Phi) is 8.52. The van der Waals surface area contributed by atoms with Crippen LogP contribution in [-0.2, 0) is 13.2 Å². The van der Waals surface area contributed by atoms with E-state index >= 15 is 0 Å². The lowest BCUT2D eigenvalue weighted by molar-refractivity contribution is 0.269. The van der Waals surface area contributed by atoms with Crippen molar-refractivity contribution in [2.24, 2.45) is 0 Å². The van der Waals surface area contributed by atoms with Crippen LogP contribution in [0.5, 0.6) is 11.5 Å². The second-order valence-electron chi connectivity index (χ2n) is 5.27. The Labute approximate surface area is 145 Å². The number of rotatable bonds is 8. The first kappa shape index (κ1) is 19.3. The molecule has 0 atom stereocenters. The molecule has 4 heteroatoms. The number of benzene rings is 2. The third kappa shape index (κ3) is 6.12. The van der Waals surface area contributed by atoms with Crippen molar-refractivity contribution >= 4 is 12.4 Å². The first-order chi connectivity index (χ1) is 10.7. The van der Waals surface area contributed by atoms with E-state index in [0.29, 0.717) is 13.2 Å². The van der Waals surface area contributed by atoms with Gasteiger partial charge in [-0.1, -0.05) is 42.8 Å². The summed E-state index contributed by atoms with van der Waals surface area (Å²) in [6, 6.07) is 14.5. The van der Waals surface area contributed by atoms with Crippen molar-refractivity contribution < 1.29 is 9.47 Å². The Morgan fingerprint density at radius 3 is 2.22 bits per heavy atom. The summed E-state index contributed by atoms with van der Waals surface area (Å²) in [6.45, 7) is 9.15. The van der Waals surface area contributed by atoms with E-state index in [1.807, 2.05) is 13.0 Å². The Balaban J connectivity index is 0.00000264. The topological polar surface area (TPSA) is 30.5 Å². The zero-order valence-corrected chi connectivity index (χ0v) is 14.9. The van der Waals surface area contributed by atoms with Crippen LogP contribution in [0, 0.1) is 6.92 Å². The van der Waals surface area contributed by atoms with E-state index in [4.69, 9.17) is 9.47 Å². The predicted molar refractivity (Wildman–Crippen MR) is 97.8 cm³/mol. The molecule has 0 fully saturated rings. The molecule has 0 bridgehead atoms. The average Bonchev–Trinajstić information content (AvgIpc) is 2.54. The largest absolute Gasteiger partial charge is 0.490 e. The van der Waals surface area contributed by atoms with Gasteiger partial charge in [-0.05, 0) is 43.7 Å². The van der Waals surface area contributed by atoms with Crippen molar-refractivity contribution in [3.05, 3.63) is 59.2 Å². The summed E-state index contributed by atoms with van der Waals surface area (Å²) in [6.07, 6.45) is 0. The lowest BCUT2D eigenvalue weighted by atomic mass is 10.1. The number of nitrogens with one attached hydrogen (secondary N) is 1. The van der Waals surface area contributed by atoms with Crippen molar-refractivity contribution in [1.29, 1.82) is 0 Å². The molecular formula is C19H26ClNO2. The number of ether oxygens (including phenoxy) is 2. The smallest absolute Gasteiger partial charge is 0.161 e. The zero-order valence-electron chi connectivity index (χ0n) is 14.1. The molecule has 1 N–H and O–H groups in total. The van der Waals surface area contributed by atoms with Crippen LogP contribution in [0.25, 0.3) is 0 Å². The summed E-state index contributed by atoms with van der Waals surface area (Å²) in [5.41, 5.74) is 3.62. The third-order valence-corrected chi connectivity index (χ3v) is 3.40. The minimum Gasteiger partial charge on any atom is -0.490 e. The van der Waals surface area contributed by atoms with Gasteiger partial charge >= 0.3 is 0 Å². The molecule has 0 aromatic heterocycles. The fourth-order valence-corrected chi connectivity index (χ4v) is 2.16. The Morgan fingerprint density at radius 1 is 0.870 bits per heavy atom. The van der Waals surface area contributed by atoms with Gasteiger partial charge in [0.15, 0.2) is 11.5 Å². The standard InChI is InChI=1S/C19H25NO2.ClH/c1-4-20-13-17-10-11-18(19(12-17)21-5-2)22-14-16-8-6-15(3)7-9-16;/h6-12,20H,4-5,13-14H2,1-3H3;1H. The lowest BCUT2D eigenvalue weighted by Crippen LogP contribution is -2.12. The normalized spacial score (nSPS) is 10.0. The molecule has 0 saturated carbocycles. The first-order valence-electron chi connectivity index (χ1n) is 7.87. The highest BCUT2D eigenvalue weighted by Gasteiger charge is 2.07. The SMILES string of the molecule is CCNCc1ccc(OCc2ccc(C)cc2)c(OCC)c1.Cl. The molecule has 126 valence electrons. The molecule has 0 aliphatic rings. The lowest BCUT2D eigenvalue weighted by Gasteiger charge is -2.14. The van der Waals surface area contributed by atoms with Crippen molar-refractivity contribution in [2.45, 2.75) is 33.9 Å². The number of hydrogen-bond donors (Lipinski definition) is 1. The number of halogens is 1. The van der Waals surface area contributed by atoms with Crippen LogP contribution in [-0.4, -0.2) is 13.2 Å². The van der Waals surface area contributed by atoms with Gasteiger partial charge in [0.05, 0.1) is 6.61 Å². The maximum Gasteiger partial charge on any atom is 0.161 e. The van der Waals surface area contributed by atoms with Crippen LogP contribution >= 0.6 is 12.4 Å². The molecule has 0 heterocycles. The van der Waals surface area contributed by atoms with Gasteiger partial charge in [-0.25, -0.2) is 0 Å². The highest BCUT2D eigenvalue weighted by molar-refractivity contribution is 5.85. The summed E-state index contributed by atoms with van der Waals surface area (Å²) in [5, 5.41) is 3.32. The summed E-state index contributed by atoms with van der Waals surface area (Å²) in [5.74, 6) is 1.60. The fourth-order valence-electron chi connectivity index (χ4n) is 2.16. The molecule has 0 unspecified atom stereocenters. The van der Waals surface area contributed by atoms with E-state index < -0.39 is 0 Å². The summed E-state index contributed by atoms with van der Waals surface area (Å²) >= 11 is 0. The van der Waals surface area contributed by atoms with Crippen LogP contribution in [0.2, 0.25) is 0 Å². The summed E-state index contributed by atoms with van der Waals surface area (Å²) in [7, 11) is 0. The molecule has 0 spiro atoms. The zero-order chi connectivity index (χ0) is 15.8. The molecule has 3 nitrogen and oxygen atoms in total. The molecule has 23 heavy (non-hydrogen) atoms. The number of aryl methyl sites for hydroxylation is 1. The van der Waals surface area contributed by atoms with E-state index in [9.17, 15) is 0 Å². The van der Waals surface area contributed by atoms with Crippen LogP contribution < -0.4 is 14.8 Å². The van der Waals surface area contributed by atoms with Crippen molar-refractivity contribution in [3.8, 4) is 11.5 Å². The number of hydrogen-bond acceptors (Lipinski definition) is 3. The van der Waals surface area contributed by atoms with Gasteiger partial charge in [0.1, 0.15) is 6.61 Å². The molecular weight excluding hydrogens is 310 g/mol. The van der Waals surface area contributed by atoms with Gasteiger partial charge < -0.3 is 14.8 Å². The molecule has 2 rings (SSSR count). The van der Waals surface area contributed by atoms with Crippen molar-refractivity contribution in [2.75, 3.05) is 13.2 Å². The van der Waals surface area contributed by atoms with Gasteiger partial charge in [0, 0.05) is 6.54 Å². The van der Waals surface area contributed by atoms with Crippen LogP contribution in [0.15, 0.2) is 42.5 Å². The minimum absolute atomic E-state index is 0. The quantitative estimate of drug-likeness (QED) is 0.770. The van der Waals surface area contributed by atoms with E-state index in [1.165, 1.54) is 11.1 Å². The van der Waals surface area contributed by atoms with Gasteiger partial charge in [0.25, 0.3) is 0 Å². The highest BCUT2D eigenvalue weighted by Crippen LogP contribution is 2.29. The van der Waals surface area contributed by atoms with Crippen molar-refractivity contribution in [1.82, 2.24) is 5.32 Å². The third-order valence-electron chi connectivity index (χ3n) is 3.40. The highest BCUT2D eigenvalue weighted by atomic mass is 35.5. The monoisotopic (exact) mass is 335 g/mol. The van der Waals surface area contributed by atoms with Crippen LogP contribution in [0.3, 0.4) is 0 Å². The Bertz CT molecular complexity index is 584. The first-order valence-corrected chi connectivity index (χ1v) is 7.87. The second kappa shape index (κ2) is 10.1. The van der Waals surface area contributed by atoms with E-state index in [2.05, 4.69) is 55.6 Å². The maximum absolute atomic E-state index is 5.93. The molecule has 0 saturated heterocycles. The van der Waals surface area contributed by atoms with E-state index in [0.717, 1.165) is 30.2 Å². The average molecular weight is 336 g/mol. The Hall–Kier alpha value is -1.71. The molecule has 0 amide bonds. The summed E-state index contributed by atoms with van der Waals surface area (Å²) < 4.78 is 11.6. The van der Waals surface area contributed by atoms with Gasteiger partial charge in [0.2, 0.25) is 0 Å². The summed E-state index contributed by atoms with van der Waals surface area (Å²) in [4.78, 5) is 0. The molecule has 0 radical (unpaired) electrons. The minimum atomic E-state index is 0. The van der Waals surface area contributed by atoms with Crippen LogP contribution in [0.4, 0.5) is 0 Å². The molecule has 0 aliphatic heterocycles. The van der Waals surface area contributed by atoms with E-state index in [-0.39, 0.29) is 12.4 Å². The molecule has 2 aromatic rings. The van der Waals surface area contributed by atoms with E-state index in [1.54, 1.807) is 0 Å². The van der Waals surface area contributed by atoms with Crippen molar-refractivity contribution in [3.63, 3.8) is 0 Å². The molecule has 0 aliphatic carbocycles. The second-order valence-corrected chi connectivity index (χ2v) is 5.27. The van der Waals surface area contributed by atoms with Gasteiger partial charge in [-0.3, -0.25) is 0 Å². The Morgan fingerprint density at radius 2 is 1.57 bits per heavy atom. The predicted octanol–water partition coefficient (Wildman–Crippen LogP) is 4.50. The maximum atomic E-state index is 5.93. The van der Waals surface area contributed by atoms with Gasteiger partial charge in [-0.15, -0.1) is 12.4 Å².